The molecular formula is C36H46ClFN8O5. The first-order valence-electron chi connectivity index (χ1n) is 16.8. The smallest absolute Gasteiger partial charge is 0.312 e. The van der Waals surface area contributed by atoms with Crippen molar-refractivity contribution in [1.82, 2.24) is 20.2 Å². The number of benzene rings is 3. The van der Waals surface area contributed by atoms with Gasteiger partial charge in [0.1, 0.15) is 18.0 Å². The highest BCUT2D eigenvalue weighted by Gasteiger charge is 2.15. The van der Waals surface area contributed by atoms with Crippen LogP contribution in [0.3, 0.4) is 0 Å². The molecule has 0 fully saturated rings. The van der Waals surface area contributed by atoms with Gasteiger partial charge in [-0.25, -0.2) is 19.2 Å². The molecule has 274 valence electrons. The number of methoxy groups -OCH3 is 1. The third kappa shape index (κ3) is 12.5. The van der Waals surface area contributed by atoms with Gasteiger partial charge in [0, 0.05) is 55.6 Å². The van der Waals surface area contributed by atoms with Crippen molar-refractivity contribution in [2.75, 3.05) is 57.2 Å². The highest BCUT2D eigenvalue weighted by atomic mass is 35.5. The second-order valence-corrected chi connectivity index (χ2v) is 12.2. The van der Waals surface area contributed by atoms with Gasteiger partial charge >= 0.3 is 6.03 Å². The molecule has 0 aliphatic rings. The maximum absolute atomic E-state index is 13.7. The lowest BCUT2D eigenvalue weighted by molar-refractivity contribution is -0.117. The molecule has 51 heavy (non-hydrogen) atoms. The number of urea groups is 1. The average molecular weight is 725 g/mol. The van der Waals surface area contributed by atoms with Crippen LogP contribution in [-0.4, -0.2) is 79.4 Å². The highest BCUT2D eigenvalue weighted by molar-refractivity contribution is 6.31. The molecule has 0 aliphatic carbocycles. The van der Waals surface area contributed by atoms with Crippen molar-refractivity contribution in [2.24, 2.45) is 11.5 Å². The SMILES string of the molecule is CCCOCCN(CCCOc1cc2c(Nc3ccc(F)c(Cl)c3)ncnc2cc1OC)Cc1ccc(NC(=O)[C@@H](N)CCCNC(N)=O)cc1. The van der Waals surface area contributed by atoms with E-state index in [0.717, 1.165) is 31.5 Å². The number of fused-ring (bicyclic) bond motifs is 1. The summed E-state index contributed by atoms with van der Waals surface area (Å²) in [5, 5.41) is 9.22. The van der Waals surface area contributed by atoms with Crippen molar-refractivity contribution in [3.8, 4) is 11.5 Å². The van der Waals surface area contributed by atoms with Crippen LogP contribution in [0.2, 0.25) is 5.02 Å². The Morgan fingerprint density at radius 2 is 1.76 bits per heavy atom. The van der Waals surface area contributed by atoms with Gasteiger partial charge in [-0.3, -0.25) is 9.69 Å². The van der Waals surface area contributed by atoms with Crippen molar-refractivity contribution in [3.63, 3.8) is 0 Å². The predicted octanol–water partition coefficient (Wildman–Crippen LogP) is 5.59. The Bertz CT molecular complexity index is 1730. The van der Waals surface area contributed by atoms with Gasteiger partial charge in [0.15, 0.2) is 11.5 Å². The van der Waals surface area contributed by atoms with Crippen LogP contribution in [0.1, 0.15) is 38.2 Å². The summed E-state index contributed by atoms with van der Waals surface area (Å²) in [5.41, 5.74) is 14.0. The number of aromatic nitrogens is 2. The van der Waals surface area contributed by atoms with E-state index < -0.39 is 17.9 Å². The molecule has 0 bridgehead atoms. The van der Waals surface area contributed by atoms with Crippen LogP contribution in [-0.2, 0) is 16.1 Å². The number of nitrogens with zero attached hydrogens (tertiary/aromatic N) is 3. The molecule has 1 aromatic heterocycles. The predicted molar refractivity (Wildman–Crippen MR) is 197 cm³/mol. The lowest BCUT2D eigenvalue weighted by atomic mass is 10.1. The van der Waals surface area contributed by atoms with Gasteiger partial charge in [-0.1, -0.05) is 30.7 Å². The minimum Gasteiger partial charge on any atom is -0.493 e. The maximum atomic E-state index is 13.7. The van der Waals surface area contributed by atoms with E-state index in [1.807, 2.05) is 30.3 Å². The Labute approximate surface area is 302 Å². The average Bonchev–Trinajstić information content (AvgIpc) is 3.12. The topological polar surface area (TPSA) is 179 Å². The number of hydrogen-bond acceptors (Lipinski definition) is 10. The standard InChI is InChI=1S/C36H46ClFN8O5/c1-3-16-50-18-15-46(22-24-7-9-25(10-8-24)45-35(47)30(39)6-4-13-41-36(40)48)14-5-17-51-33-20-27-31(21-32(33)49-2)42-23-43-34(27)44-26-11-12-29(38)28(37)19-26/h7-12,19-21,23,30H,3-6,13-18,22,39H2,1-2H3,(H,45,47)(H3,40,41,48)(H,42,43,44)/t30-/m0/s1. The van der Waals surface area contributed by atoms with Crippen molar-refractivity contribution in [3.05, 3.63) is 77.3 Å². The van der Waals surface area contributed by atoms with E-state index >= 15 is 0 Å². The minimum atomic E-state index is -0.706. The second kappa shape index (κ2) is 20.2. The molecule has 4 aromatic rings. The molecule has 0 spiro atoms. The molecule has 0 radical (unpaired) electrons. The van der Waals surface area contributed by atoms with Crippen molar-refractivity contribution in [1.29, 1.82) is 0 Å². The first-order valence-corrected chi connectivity index (χ1v) is 17.2. The van der Waals surface area contributed by atoms with Crippen LogP contribution in [0.4, 0.5) is 26.4 Å². The molecule has 4 rings (SSSR count). The number of carbonyl (C=O) groups excluding carboxylic acids is 2. The van der Waals surface area contributed by atoms with E-state index in [1.54, 1.807) is 19.2 Å². The number of halogens is 2. The number of rotatable bonds is 21. The van der Waals surface area contributed by atoms with Gasteiger partial charge in [0.2, 0.25) is 5.91 Å². The molecule has 0 aliphatic heterocycles. The van der Waals surface area contributed by atoms with Crippen molar-refractivity contribution >= 4 is 51.6 Å². The lowest BCUT2D eigenvalue weighted by Crippen LogP contribution is -2.37. The van der Waals surface area contributed by atoms with E-state index in [-0.39, 0.29) is 10.9 Å². The molecule has 1 atom stereocenters. The van der Waals surface area contributed by atoms with Crippen LogP contribution in [0, 0.1) is 5.82 Å². The Morgan fingerprint density at radius 1 is 0.980 bits per heavy atom. The number of nitrogens with two attached hydrogens (primary N) is 2. The molecule has 15 heteroatoms. The number of anilines is 3. The van der Waals surface area contributed by atoms with E-state index in [1.165, 1.54) is 18.5 Å². The lowest BCUT2D eigenvalue weighted by Gasteiger charge is -2.23. The van der Waals surface area contributed by atoms with Crippen LogP contribution in [0.25, 0.3) is 10.9 Å². The van der Waals surface area contributed by atoms with Gasteiger partial charge in [0.05, 0.1) is 36.9 Å². The quantitative estimate of drug-likeness (QED) is 0.0681. The third-order valence-corrected chi connectivity index (χ3v) is 8.12. The largest absolute Gasteiger partial charge is 0.493 e. The summed E-state index contributed by atoms with van der Waals surface area (Å²) in [6, 6.07) is 14.3. The Hall–Kier alpha value is -4.76. The van der Waals surface area contributed by atoms with Crippen molar-refractivity contribution in [2.45, 2.75) is 45.2 Å². The summed E-state index contributed by atoms with van der Waals surface area (Å²) in [4.78, 5) is 34.4. The summed E-state index contributed by atoms with van der Waals surface area (Å²) < 4.78 is 31.3. The molecular weight excluding hydrogens is 679 g/mol. The zero-order valence-corrected chi connectivity index (χ0v) is 29.7. The van der Waals surface area contributed by atoms with Crippen LogP contribution < -0.4 is 36.9 Å². The zero-order chi connectivity index (χ0) is 36.6. The first kappa shape index (κ1) is 39.0. The number of hydrogen-bond donors (Lipinski definition) is 5. The maximum Gasteiger partial charge on any atom is 0.312 e. The van der Waals surface area contributed by atoms with Gasteiger partial charge in [-0.15, -0.1) is 0 Å². The summed E-state index contributed by atoms with van der Waals surface area (Å²) in [6.45, 7) is 6.31. The number of nitrogens with one attached hydrogen (secondary N) is 3. The van der Waals surface area contributed by atoms with E-state index in [2.05, 4.69) is 37.7 Å². The van der Waals surface area contributed by atoms with E-state index in [9.17, 15) is 14.0 Å². The molecule has 7 N–H and O–H groups in total. The summed E-state index contributed by atoms with van der Waals surface area (Å²) >= 11 is 5.98. The summed E-state index contributed by atoms with van der Waals surface area (Å²) in [5.74, 6) is 0.786. The summed E-state index contributed by atoms with van der Waals surface area (Å²) in [6.07, 6.45) is 4.06. The molecule has 0 unspecified atom stereocenters. The van der Waals surface area contributed by atoms with Gasteiger partial charge in [0.25, 0.3) is 0 Å². The molecule has 3 aromatic carbocycles. The minimum absolute atomic E-state index is 0.00156. The summed E-state index contributed by atoms with van der Waals surface area (Å²) in [7, 11) is 1.57. The fourth-order valence-electron chi connectivity index (χ4n) is 5.18. The Kier molecular flexibility index (Phi) is 15.4. The molecule has 0 saturated carbocycles. The fourth-order valence-corrected chi connectivity index (χ4v) is 5.36. The van der Waals surface area contributed by atoms with Gasteiger partial charge in [-0.2, -0.15) is 0 Å². The van der Waals surface area contributed by atoms with Gasteiger partial charge < -0.3 is 41.6 Å². The molecule has 0 saturated heterocycles. The highest BCUT2D eigenvalue weighted by Crippen LogP contribution is 2.35. The number of amides is 3. The van der Waals surface area contributed by atoms with Gasteiger partial charge in [-0.05, 0) is 67.6 Å². The number of primary amides is 1. The van der Waals surface area contributed by atoms with Crippen molar-refractivity contribution < 1.29 is 28.2 Å². The monoisotopic (exact) mass is 724 g/mol. The Morgan fingerprint density at radius 3 is 2.49 bits per heavy atom. The normalized spacial score (nSPS) is 11.7. The fraction of sp³-hybridized carbons (Fsp3) is 0.389. The number of ether oxygens (including phenoxy) is 3. The van der Waals surface area contributed by atoms with Crippen LogP contribution >= 0.6 is 11.6 Å². The Balaban J connectivity index is 1.35. The third-order valence-electron chi connectivity index (χ3n) is 7.84. The van der Waals surface area contributed by atoms with E-state index in [4.69, 9.17) is 37.3 Å². The molecule has 3 amide bonds. The second-order valence-electron chi connectivity index (χ2n) is 11.8. The van der Waals surface area contributed by atoms with Crippen LogP contribution in [0.15, 0.2) is 60.9 Å². The number of carbonyl (C=O) groups is 2. The molecule has 1 heterocycles. The molecule has 13 nitrogen and oxygen atoms in total. The van der Waals surface area contributed by atoms with Crippen LogP contribution in [0.5, 0.6) is 11.5 Å². The zero-order valence-electron chi connectivity index (χ0n) is 28.9. The first-order chi connectivity index (χ1) is 24.7. The van der Waals surface area contributed by atoms with E-state index in [0.29, 0.717) is 85.3 Å².